The molecule has 0 saturated carbocycles. The molecular formula is C28H36Br2O8. The van der Waals surface area contributed by atoms with Crippen LogP contribution in [0.3, 0.4) is 0 Å². The van der Waals surface area contributed by atoms with E-state index in [1.54, 1.807) is 42.7 Å². The van der Waals surface area contributed by atoms with Gasteiger partial charge in [0.1, 0.15) is 5.60 Å². The lowest BCUT2D eigenvalue weighted by molar-refractivity contribution is -0.163. The molecule has 1 aliphatic rings. The summed E-state index contributed by atoms with van der Waals surface area (Å²) < 4.78 is 42.7. The maximum atomic E-state index is 12.8. The van der Waals surface area contributed by atoms with Crippen LogP contribution < -0.4 is 28.4 Å². The largest absolute Gasteiger partial charge is 0.492 e. The lowest BCUT2D eigenvalue weighted by atomic mass is 9.74. The quantitative estimate of drug-likeness (QED) is 0.273. The number of ether oxygens (including phenoxy) is 7. The van der Waals surface area contributed by atoms with Gasteiger partial charge in [0.2, 0.25) is 11.5 Å². The highest BCUT2D eigenvalue weighted by atomic mass is 79.9. The van der Waals surface area contributed by atoms with Crippen LogP contribution in [0.25, 0.3) is 11.1 Å². The molecule has 0 fully saturated rings. The number of benzene rings is 2. The second kappa shape index (κ2) is 12.2. The van der Waals surface area contributed by atoms with Crippen LogP contribution in [0.15, 0.2) is 8.95 Å². The van der Waals surface area contributed by atoms with Crippen LogP contribution in [0.1, 0.15) is 44.7 Å². The molecular weight excluding hydrogens is 624 g/mol. The number of fused-ring (bicyclic) bond motifs is 3. The van der Waals surface area contributed by atoms with Crippen LogP contribution in [0.2, 0.25) is 0 Å². The molecule has 0 aromatic heterocycles. The summed E-state index contributed by atoms with van der Waals surface area (Å²) in [5.74, 6) is 2.43. The van der Waals surface area contributed by atoms with Crippen LogP contribution in [-0.2, 0) is 22.4 Å². The van der Waals surface area contributed by atoms with Crippen molar-refractivity contribution in [2.45, 2.75) is 52.1 Å². The number of esters is 1. The first-order valence-electron chi connectivity index (χ1n) is 12.3. The lowest BCUT2D eigenvalue weighted by Crippen LogP contribution is -2.42. The zero-order valence-electron chi connectivity index (χ0n) is 23.4. The molecule has 0 radical (unpaired) electrons. The van der Waals surface area contributed by atoms with Crippen molar-refractivity contribution in [3.8, 4) is 45.6 Å². The number of halogens is 2. The topological polar surface area (TPSA) is 81.7 Å². The van der Waals surface area contributed by atoms with Crippen LogP contribution in [0, 0.1) is 5.92 Å². The molecule has 0 heterocycles. The van der Waals surface area contributed by atoms with Gasteiger partial charge in [-0.15, -0.1) is 0 Å². The number of carbonyl (C=O) groups excluding carboxylic acids is 1. The predicted octanol–water partition coefficient (Wildman–Crippen LogP) is 6.77. The minimum absolute atomic E-state index is 0.0969. The van der Waals surface area contributed by atoms with E-state index in [0.717, 1.165) is 22.3 Å². The summed E-state index contributed by atoms with van der Waals surface area (Å²) in [6, 6.07) is 0. The Bertz CT molecular complexity index is 1210. The molecule has 2 aromatic rings. The molecule has 0 N–H and O–H groups in total. The predicted molar refractivity (Wildman–Crippen MR) is 153 cm³/mol. The Kier molecular flexibility index (Phi) is 9.73. The molecule has 2 aromatic carbocycles. The molecule has 2 atom stereocenters. The zero-order chi connectivity index (χ0) is 28.4. The lowest BCUT2D eigenvalue weighted by Gasteiger charge is -2.40. The normalized spacial score (nSPS) is 18.3. The smallest absolute Gasteiger partial charge is 0.306 e. The Balaban J connectivity index is 2.58. The first-order chi connectivity index (χ1) is 18.1. The standard InChI is InChI=1S/C28H36Br2O8/c1-10-11-17(31)38-28(3)13-16-19(23(33-5)27(37-9)25(35-7)21(16)30)18-15(12-14(28)2)20(29)24(34-6)26(36-8)22(18)32-4/h14H,10-13H2,1-9H3/t14-,28-/m1/s1. The van der Waals surface area contributed by atoms with Crippen molar-refractivity contribution in [1.29, 1.82) is 0 Å². The van der Waals surface area contributed by atoms with Gasteiger partial charge in [-0.2, -0.15) is 0 Å². The summed E-state index contributed by atoms with van der Waals surface area (Å²) in [5.41, 5.74) is 2.33. The highest BCUT2D eigenvalue weighted by Gasteiger charge is 2.43. The summed E-state index contributed by atoms with van der Waals surface area (Å²) in [4.78, 5) is 12.8. The van der Waals surface area contributed by atoms with E-state index in [4.69, 9.17) is 33.2 Å². The Labute approximate surface area is 241 Å². The maximum Gasteiger partial charge on any atom is 0.306 e. The van der Waals surface area contributed by atoms with Gasteiger partial charge < -0.3 is 33.2 Å². The van der Waals surface area contributed by atoms with Gasteiger partial charge in [0.15, 0.2) is 23.0 Å². The molecule has 38 heavy (non-hydrogen) atoms. The molecule has 10 heteroatoms. The van der Waals surface area contributed by atoms with Gasteiger partial charge in [-0.3, -0.25) is 4.79 Å². The molecule has 1 aliphatic carbocycles. The fourth-order valence-corrected chi connectivity index (χ4v) is 6.49. The Hall–Kier alpha value is -2.33. The van der Waals surface area contributed by atoms with E-state index in [2.05, 4.69) is 38.8 Å². The molecule has 3 rings (SSSR count). The van der Waals surface area contributed by atoms with E-state index in [0.29, 0.717) is 69.1 Å². The SMILES string of the molecule is CCCC(=O)O[C@]1(C)Cc2c(Br)c(OC)c(OC)c(OC)c2-c2c(c(Br)c(OC)c(OC)c2OC)C[C@H]1C. The van der Waals surface area contributed by atoms with Crippen molar-refractivity contribution in [2.24, 2.45) is 5.92 Å². The van der Waals surface area contributed by atoms with Crippen LogP contribution in [0.4, 0.5) is 0 Å². The molecule has 8 nitrogen and oxygen atoms in total. The summed E-state index contributed by atoms with van der Waals surface area (Å²) in [5, 5.41) is 0. The van der Waals surface area contributed by atoms with E-state index >= 15 is 0 Å². The van der Waals surface area contributed by atoms with E-state index in [1.165, 1.54) is 0 Å². The van der Waals surface area contributed by atoms with Crippen molar-refractivity contribution < 1.29 is 38.0 Å². The third-order valence-corrected chi connectivity index (χ3v) is 8.85. The number of carbonyl (C=O) groups is 1. The van der Waals surface area contributed by atoms with E-state index in [1.807, 2.05) is 13.8 Å². The average molecular weight is 660 g/mol. The zero-order valence-corrected chi connectivity index (χ0v) is 26.6. The van der Waals surface area contributed by atoms with Crippen molar-refractivity contribution in [2.75, 3.05) is 42.7 Å². The molecule has 0 aliphatic heterocycles. The molecule has 0 bridgehead atoms. The second-order valence-corrected chi connectivity index (χ2v) is 10.9. The number of hydrogen-bond acceptors (Lipinski definition) is 8. The monoisotopic (exact) mass is 658 g/mol. The van der Waals surface area contributed by atoms with Crippen LogP contribution in [0.5, 0.6) is 34.5 Å². The summed E-state index contributed by atoms with van der Waals surface area (Å²) in [6.45, 7) is 6.01. The van der Waals surface area contributed by atoms with Gasteiger partial charge in [-0.05, 0) is 62.8 Å². The first kappa shape index (κ1) is 30.2. The number of rotatable bonds is 9. The Morgan fingerprint density at radius 3 is 1.61 bits per heavy atom. The summed E-state index contributed by atoms with van der Waals surface area (Å²) in [6.07, 6.45) is 1.96. The fourth-order valence-electron chi connectivity index (χ4n) is 5.11. The maximum absolute atomic E-state index is 12.8. The fraction of sp³-hybridized carbons (Fsp3) is 0.536. The van der Waals surface area contributed by atoms with Crippen molar-refractivity contribution in [1.82, 2.24) is 0 Å². The van der Waals surface area contributed by atoms with Crippen LogP contribution >= 0.6 is 31.9 Å². The van der Waals surface area contributed by atoms with Crippen molar-refractivity contribution in [3.63, 3.8) is 0 Å². The minimum Gasteiger partial charge on any atom is -0.492 e. The third kappa shape index (κ3) is 5.01. The van der Waals surface area contributed by atoms with E-state index in [9.17, 15) is 4.79 Å². The molecule has 0 unspecified atom stereocenters. The van der Waals surface area contributed by atoms with Crippen molar-refractivity contribution in [3.05, 3.63) is 20.1 Å². The Morgan fingerprint density at radius 2 is 1.18 bits per heavy atom. The number of hydrogen-bond donors (Lipinski definition) is 0. The highest BCUT2D eigenvalue weighted by Crippen LogP contribution is 2.60. The molecule has 210 valence electrons. The van der Waals surface area contributed by atoms with Gasteiger partial charge in [-0.25, -0.2) is 0 Å². The van der Waals surface area contributed by atoms with Gasteiger partial charge in [-0.1, -0.05) is 13.8 Å². The van der Waals surface area contributed by atoms with Gasteiger partial charge in [0.25, 0.3) is 0 Å². The second-order valence-electron chi connectivity index (χ2n) is 9.35. The summed E-state index contributed by atoms with van der Waals surface area (Å²) >= 11 is 7.57. The third-order valence-electron chi connectivity index (χ3n) is 7.17. The van der Waals surface area contributed by atoms with Gasteiger partial charge in [0.05, 0.1) is 51.6 Å². The first-order valence-corrected chi connectivity index (χ1v) is 13.9. The minimum atomic E-state index is -0.855. The highest BCUT2D eigenvalue weighted by molar-refractivity contribution is 9.11. The summed E-state index contributed by atoms with van der Waals surface area (Å²) in [7, 11) is 9.44. The van der Waals surface area contributed by atoms with Gasteiger partial charge >= 0.3 is 5.97 Å². The Morgan fingerprint density at radius 1 is 0.763 bits per heavy atom. The number of methoxy groups -OCH3 is 6. The molecule has 0 amide bonds. The van der Waals surface area contributed by atoms with Crippen LogP contribution in [-0.4, -0.2) is 54.2 Å². The van der Waals surface area contributed by atoms with E-state index < -0.39 is 5.60 Å². The molecule has 0 saturated heterocycles. The van der Waals surface area contributed by atoms with Crippen molar-refractivity contribution >= 4 is 37.8 Å². The van der Waals surface area contributed by atoms with Gasteiger partial charge in [0, 0.05) is 29.9 Å². The van der Waals surface area contributed by atoms with E-state index in [-0.39, 0.29) is 11.9 Å². The average Bonchev–Trinajstić information content (AvgIpc) is 2.89. The molecule has 0 spiro atoms.